The Hall–Kier alpha value is -8.46. The zero-order valence-electron chi connectivity index (χ0n) is 77.2. The molecule has 12 rings (SSSR count). The van der Waals surface area contributed by atoms with Crippen molar-refractivity contribution >= 4 is 115 Å². The van der Waals surface area contributed by atoms with Gasteiger partial charge in [-0.15, -0.1) is 0 Å². The summed E-state index contributed by atoms with van der Waals surface area (Å²) in [5, 5.41) is 70.5. The molecular formula is C104H130O18P6. The Morgan fingerprint density at radius 1 is 0.227 bits per heavy atom. The van der Waals surface area contributed by atoms with Crippen molar-refractivity contribution in [3.8, 4) is 34.5 Å². The highest BCUT2D eigenvalue weighted by molar-refractivity contribution is 7.57. The van der Waals surface area contributed by atoms with Gasteiger partial charge in [0.1, 0.15) is 34.5 Å². The van der Waals surface area contributed by atoms with Gasteiger partial charge in [0.25, 0.3) is 0 Å². The lowest BCUT2D eigenvalue weighted by atomic mass is 9.85. The zero-order chi connectivity index (χ0) is 93.0. The minimum absolute atomic E-state index is 0.0230. The summed E-state index contributed by atoms with van der Waals surface area (Å²) >= 11 is 0. The Morgan fingerprint density at radius 2 is 0.508 bits per heavy atom. The third-order valence-electron chi connectivity index (χ3n) is 19.5. The van der Waals surface area contributed by atoms with Crippen LogP contribution in [0.4, 0.5) is 0 Å². The van der Waals surface area contributed by atoms with Crippen LogP contribution >= 0.6 is 51.5 Å². The van der Waals surface area contributed by atoms with Crippen molar-refractivity contribution < 1.29 is 87.5 Å². The normalized spacial score (nSPS) is 11.5. The van der Waals surface area contributed by atoms with Crippen LogP contribution in [0.2, 0.25) is 0 Å². The van der Waals surface area contributed by atoms with Crippen LogP contribution in [-0.2, 0) is 78.9 Å². The monoisotopic (exact) mass is 1850 g/mol. The van der Waals surface area contributed by atoms with E-state index in [1.54, 1.807) is 42.7 Å². The molecule has 0 aromatic heterocycles. The molecule has 24 heteroatoms. The lowest BCUT2D eigenvalue weighted by Crippen LogP contribution is -2.20. The minimum atomic E-state index is -0.0230. The van der Waals surface area contributed by atoms with Gasteiger partial charge in [0.05, 0.1) is 39.6 Å². The molecule has 0 amide bonds. The Kier molecular flexibility index (Phi) is 47.4. The van der Waals surface area contributed by atoms with E-state index in [-0.39, 0.29) is 91.2 Å². The highest BCUT2D eigenvalue weighted by Crippen LogP contribution is 2.37. The average molecular weight is 1850 g/mol. The minimum Gasteiger partial charge on any atom is -0.467 e. The molecule has 18 nitrogen and oxygen atoms in total. The van der Waals surface area contributed by atoms with E-state index in [0.717, 1.165) is 148 Å². The van der Waals surface area contributed by atoms with E-state index in [9.17, 15) is 30.6 Å². The Bertz CT molecular complexity index is 5250. The number of para-hydroxylation sites is 2. The smallest absolute Gasteiger partial charge is 0.188 e. The number of aliphatic hydroxyl groups is 6. The number of aryl methyl sites for hydroxylation is 6. The second kappa shape index (κ2) is 57.0. The van der Waals surface area contributed by atoms with Gasteiger partial charge < -0.3 is 87.5 Å². The Balaban J connectivity index is 0.000000211. The van der Waals surface area contributed by atoms with E-state index < -0.39 is 0 Å². The van der Waals surface area contributed by atoms with Crippen molar-refractivity contribution in [1.29, 1.82) is 0 Å². The van der Waals surface area contributed by atoms with Crippen molar-refractivity contribution in [3.05, 3.63) is 321 Å². The highest BCUT2D eigenvalue weighted by atomic mass is 31.1. The summed E-state index contributed by atoms with van der Waals surface area (Å²) in [5.41, 5.74) is 15.2. The molecule has 6 atom stereocenters. The molecule has 0 radical (unpaired) electrons. The standard InChI is InChI=1S/2C20H27O3P.C17H21O3P.2C16H19O3P.C15H17O3P/c1-14-10-16(20(2,3)4)11-18(19(14)23-13-22-5)24-17-9-7-6-8-15(17)12-21;1-14-10-16(20(2,3)4)19(23-13-22-5)18(11-14)24-17-9-7-6-8-15(17)12-21;1-12-8-13(2)17(20-11-19-3)16(9-12)21-15-7-5-4-6-14(15)10-18;1-12-6-5-9-15(16(12)19-11-18-2)20-14-8-4-3-7-13(14)10-17;1-12-7-8-14(19-11-18-2)16(9-12)20-15-6-4-3-5-13(15)10-17;1-17-11-18-13-7-3-5-9-15(13)19-14-8-4-2-6-12(14)10-16/h2*6-11,21,24H,12-13H2,1-5H3;4-9,18,21H,10-11H2,1-3H3;2*3-9,17,20H,10-11H2,1-2H3;2-9,16,19H,10-11H2,1H3. The quantitative estimate of drug-likeness (QED) is 0.0158. The third-order valence-corrected chi connectivity index (χ3v) is 28.0. The topological polar surface area (TPSA) is 232 Å². The molecule has 128 heavy (non-hydrogen) atoms. The van der Waals surface area contributed by atoms with E-state index in [1.165, 1.54) is 27.8 Å². The summed E-state index contributed by atoms with van der Waals surface area (Å²) in [6.45, 7) is 27.4. The summed E-state index contributed by atoms with van der Waals surface area (Å²) < 4.78 is 64.5. The molecule has 0 aliphatic carbocycles. The lowest BCUT2D eigenvalue weighted by molar-refractivity contribution is 0.0505. The van der Waals surface area contributed by atoms with E-state index in [2.05, 4.69) is 136 Å². The fourth-order valence-electron chi connectivity index (χ4n) is 13.1. The van der Waals surface area contributed by atoms with Crippen molar-refractivity contribution in [2.75, 3.05) is 83.4 Å². The Labute approximate surface area is 769 Å². The number of methoxy groups -OCH3 is 6. The van der Waals surface area contributed by atoms with Crippen molar-refractivity contribution in [3.63, 3.8) is 0 Å². The molecule has 12 aromatic rings. The van der Waals surface area contributed by atoms with Gasteiger partial charge in [-0.25, -0.2) is 0 Å². The third kappa shape index (κ3) is 34.4. The predicted molar refractivity (Wildman–Crippen MR) is 539 cm³/mol. The van der Waals surface area contributed by atoms with Gasteiger partial charge in [-0.3, -0.25) is 0 Å². The van der Waals surface area contributed by atoms with Crippen LogP contribution in [0.15, 0.2) is 243 Å². The van der Waals surface area contributed by atoms with Crippen LogP contribution in [0, 0.1) is 41.5 Å². The molecule has 684 valence electrons. The SMILES string of the molecule is COCOc1c(C)cc(C(C)(C)C)cc1Pc1ccccc1CO.COCOc1c(C)cc(C)cc1Pc1ccccc1CO.COCOc1c(C)cccc1Pc1ccccc1CO.COCOc1c(Pc2ccccc2CO)cc(C)cc1C(C)(C)C.COCOc1ccc(C)cc1Pc1ccccc1CO.COCOc1ccccc1Pc1ccccc1CO. The predicted octanol–water partition coefficient (Wildman–Crippen LogP) is 15.2. The Morgan fingerprint density at radius 3 is 0.883 bits per heavy atom. The molecule has 0 saturated carbocycles. The van der Waals surface area contributed by atoms with Crippen molar-refractivity contribution in [2.45, 2.75) is 134 Å². The molecule has 0 bridgehead atoms. The van der Waals surface area contributed by atoms with Gasteiger partial charge in [-0.2, -0.15) is 0 Å². The molecule has 0 aliphatic heterocycles. The first-order valence-electron chi connectivity index (χ1n) is 41.9. The van der Waals surface area contributed by atoms with Gasteiger partial charge in [0, 0.05) is 80.0 Å². The van der Waals surface area contributed by atoms with Crippen LogP contribution in [0.5, 0.6) is 34.5 Å². The van der Waals surface area contributed by atoms with Crippen molar-refractivity contribution in [2.24, 2.45) is 0 Å². The first-order chi connectivity index (χ1) is 61.7. The fourth-order valence-corrected chi connectivity index (χ4v) is 21.4. The van der Waals surface area contributed by atoms with E-state index in [4.69, 9.17) is 56.8 Å². The maximum Gasteiger partial charge on any atom is 0.188 e. The molecule has 0 spiro atoms. The summed E-state index contributed by atoms with van der Waals surface area (Å²) in [6, 6.07) is 80.9. The number of aliphatic hydroxyl groups excluding tert-OH is 6. The van der Waals surface area contributed by atoms with E-state index in [0.29, 0.717) is 51.5 Å². The van der Waals surface area contributed by atoms with Crippen LogP contribution < -0.4 is 92.1 Å². The van der Waals surface area contributed by atoms with E-state index in [1.807, 2.05) is 190 Å². The molecular weight excluding hydrogens is 1720 g/mol. The van der Waals surface area contributed by atoms with E-state index >= 15 is 0 Å². The molecule has 6 unspecified atom stereocenters. The first kappa shape index (κ1) is 107. The van der Waals surface area contributed by atoms with Crippen LogP contribution in [0.1, 0.15) is 119 Å². The number of benzene rings is 12. The van der Waals surface area contributed by atoms with Gasteiger partial charge in [0.2, 0.25) is 0 Å². The maximum absolute atomic E-state index is 9.60. The maximum atomic E-state index is 9.60. The summed E-state index contributed by atoms with van der Waals surface area (Å²) in [7, 11) is 12.3. The summed E-state index contributed by atoms with van der Waals surface area (Å²) in [6.07, 6.45) is 0. The average Bonchev–Trinajstić information content (AvgIpc) is 0.783. The zero-order valence-corrected chi connectivity index (χ0v) is 83.2. The largest absolute Gasteiger partial charge is 0.467 e. The van der Waals surface area contributed by atoms with Gasteiger partial charge in [-0.05, 0) is 187 Å². The number of rotatable bonds is 36. The second-order valence-electron chi connectivity index (χ2n) is 31.7. The fraction of sp³-hybridized carbons (Fsp3) is 0.308. The van der Waals surface area contributed by atoms with Crippen LogP contribution in [0.25, 0.3) is 0 Å². The number of hydrogen-bond donors (Lipinski definition) is 6. The highest BCUT2D eigenvalue weighted by Gasteiger charge is 2.25. The van der Waals surface area contributed by atoms with Gasteiger partial charge >= 0.3 is 0 Å². The number of ether oxygens (including phenoxy) is 12. The first-order valence-corrected chi connectivity index (χ1v) is 47.9. The van der Waals surface area contributed by atoms with Crippen LogP contribution in [0.3, 0.4) is 0 Å². The van der Waals surface area contributed by atoms with Gasteiger partial charge in [0.15, 0.2) is 40.8 Å². The number of hydrogen-bond acceptors (Lipinski definition) is 18. The molecule has 0 aliphatic rings. The van der Waals surface area contributed by atoms with Gasteiger partial charge in [-0.1, -0.05) is 305 Å². The lowest BCUT2D eigenvalue weighted by Gasteiger charge is -2.26. The summed E-state index contributed by atoms with van der Waals surface area (Å²) in [4.78, 5) is 0. The van der Waals surface area contributed by atoms with Crippen LogP contribution in [-0.4, -0.2) is 114 Å². The molecule has 0 fully saturated rings. The second-order valence-corrected chi connectivity index (χ2v) is 39.7. The molecule has 0 saturated heterocycles. The molecule has 6 N–H and O–H groups in total. The molecule has 12 aromatic carbocycles. The van der Waals surface area contributed by atoms with Crippen molar-refractivity contribution in [1.82, 2.24) is 0 Å². The summed E-state index contributed by atoms with van der Waals surface area (Å²) in [5.74, 6) is 5.21. The molecule has 0 heterocycles.